The Labute approximate surface area is 226 Å². The Morgan fingerprint density at radius 1 is 1.16 bits per heavy atom. The first-order valence-electron chi connectivity index (χ1n) is 13.6. The second kappa shape index (κ2) is 10.8. The lowest BCUT2D eigenvalue weighted by molar-refractivity contribution is -0.125. The summed E-state index contributed by atoms with van der Waals surface area (Å²) in [6.45, 7) is 10.3. The quantitative estimate of drug-likeness (QED) is 0.561. The summed E-state index contributed by atoms with van der Waals surface area (Å²) < 4.78 is 27.8. The lowest BCUT2D eigenvalue weighted by atomic mass is 9.82. The van der Waals surface area contributed by atoms with Gasteiger partial charge in [-0.15, -0.1) is 0 Å². The number of anilines is 1. The van der Waals surface area contributed by atoms with E-state index >= 15 is 0 Å². The van der Waals surface area contributed by atoms with Crippen molar-refractivity contribution in [2.24, 2.45) is 22.6 Å². The maximum Gasteiger partial charge on any atom is 0.319 e. The minimum Gasteiger partial charge on any atom is -0.351 e. The molecule has 0 bridgehead atoms. The minimum absolute atomic E-state index is 0.0866. The van der Waals surface area contributed by atoms with Crippen LogP contribution >= 0.6 is 0 Å². The van der Waals surface area contributed by atoms with Gasteiger partial charge in [0.1, 0.15) is 11.4 Å². The van der Waals surface area contributed by atoms with E-state index in [1.807, 2.05) is 39.8 Å². The summed E-state index contributed by atoms with van der Waals surface area (Å²) in [5, 5.41) is 4.27. The van der Waals surface area contributed by atoms with Crippen molar-refractivity contribution in [3.63, 3.8) is 0 Å². The Kier molecular flexibility index (Phi) is 8.04. The van der Waals surface area contributed by atoms with Crippen molar-refractivity contribution >= 4 is 39.6 Å². The van der Waals surface area contributed by atoms with Gasteiger partial charge in [-0.3, -0.25) is 14.7 Å². The Morgan fingerprint density at radius 2 is 1.74 bits per heavy atom. The molecule has 1 aliphatic carbocycles. The van der Waals surface area contributed by atoms with Crippen LogP contribution in [0.1, 0.15) is 76.0 Å². The third-order valence-electron chi connectivity index (χ3n) is 8.33. The summed E-state index contributed by atoms with van der Waals surface area (Å²) >= 11 is 0. The van der Waals surface area contributed by atoms with Crippen LogP contribution in [0.3, 0.4) is 0 Å². The number of nitrogens with zero attached hydrogens (tertiary/aromatic N) is 3. The zero-order valence-corrected chi connectivity index (χ0v) is 24.0. The van der Waals surface area contributed by atoms with Gasteiger partial charge in [0.25, 0.3) is 5.91 Å². The van der Waals surface area contributed by atoms with Crippen LogP contribution in [-0.2, 0) is 14.8 Å². The number of benzene rings is 1. The van der Waals surface area contributed by atoms with E-state index in [0.29, 0.717) is 24.4 Å². The zero-order valence-electron chi connectivity index (χ0n) is 23.2. The first-order chi connectivity index (χ1) is 17.8. The standard InChI is InChI=1S/C28H41N5O4S/c1-18(2)33(27(29)35)23-16-20(4)24(21(5)17-23)10-15-38(36,37)32-13-11-28(12-14-32)26(34)30-25(31-28)22-8-6-19(3)7-9-22/h10,15-19,22H,6-9,11-14H2,1-5H3,(H2,29,35)(H,30,31,34). The number of primary amides is 1. The van der Waals surface area contributed by atoms with Crippen LogP contribution in [0, 0.1) is 25.7 Å². The lowest BCUT2D eigenvalue weighted by Crippen LogP contribution is -2.50. The van der Waals surface area contributed by atoms with E-state index in [2.05, 4.69) is 12.2 Å². The molecule has 208 valence electrons. The van der Waals surface area contributed by atoms with Crippen LogP contribution in [0.5, 0.6) is 0 Å². The van der Waals surface area contributed by atoms with Crippen molar-refractivity contribution in [3.8, 4) is 0 Å². The number of nitrogens with two attached hydrogens (primary N) is 1. The molecule has 0 radical (unpaired) electrons. The Morgan fingerprint density at radius 3 is 2.26 bits per heavy atom. The highest BCUT2D eigenvalue weighted by atomic mass is 32.2. The number of piperidine rings is 1. The molecule has 3 aliphatic rings. The van der Waals surface area contributed by atoms with Gasteiger partial charge < -0.3 is 11.1 Å². The zero-order chi connectivity index (χ0) is 27.8. The first-order valence-corrected chi connectivity index (χ1v) is 15.1. The number of aryl methyl sites for hydroxylation is 2. The molecular weight excluding hydrogens is 502 g/mol. The van der Waals surface area contributed by atoms with Crippen molar-refractivity contribution in [1.29, 1.82) is 0 Å². The van der Waals surface area contributed by atoms with Gasteiger partial charge >= 0.3 is 6.03 Å². The average molecular weight is 544 g/mol. The van der Waals surface area contributed by atoms with Gasteiger partial charge in [-0.2, -0.15) is 4.31 Å². The molecule has 0 unspecified atom stereocenters. The highest BCUT2D eigenvalue weighted by Crippen LogP contribution is 2.36. The fourth-order valence-electron chi connectivity index (χ4n) is 5.99. The molecule has 9 nitrogen and oxygen atoms in total. The topological polar surface area (TPSA) is 125 Å². The third-order valence-corrected chi connectivity index (χ3v) is 9.89. The van der Waals surface area contributed by atoms with E-state index < -0.39 is 21.6 Å². The van der Waals surface area contributed by atoms with Gasteiger partial charge in [-0.05, 0) is 94.2 Å². The molecule has 4 rings (SSSR count). The van der Waals surface area contributed by atoms with Crippen LogP contribution in [0.4, 0.5) is 10.5 Å². The number of hydrogen-bond acceptors (Lipinski definition) is 5. The number of urea groups is 1. The van der Waals surface area contributed by atoms with Crippen molar-refractivity contribution in [3.05, 3.63) is 34.2 Å². The summed E-state index contributed by atoms with van der Waals surface area (Å²) in [4.78, 5) is 31.2. The van der Waals surface area contributed by atoms with Gasteiger partial charge in [0.2, 0.25) is 10.0 Å². The highest BCUT2D eigenvalue weighted by Gasteiger charge is 2.48. The SMILES string of the molecule is Cc1cc(N(C(N)=O)C(C)C)cc(C)c1C=CS(=O)(=O)N1CCC2(CC1)N=C(C1CCC(C)CC1)NC2=O. The van der Waals surface area contributed by atoms with Gasteiger partial charge in [0.05, 0.1) is 0 Å². The molecule has 2 fully saturated rings. The molecule has 10 heteroatoms. The van der Waals surface area contributed by atoms with E-state index in [9.17, 15) is 18.0 Å². The second-order valence-corrected chi connectivity index (χ2v) is 13.3. The first kappa shape index (κ1) is 28.3. The summed E-state index contributed by atoms with van der Waals surface area (Å²) in [7, 11) is -3.68. The van der Waals surface area contributed by atoms with Crippen LogP contribution in [0.2, 0.25) is 0 Å². The smallest absolute Gasteiger partial charge is 0.319 e. The normalized spacial score (nSPS) is 24.2. The minimum atomic E-state index is -3.68. The lowest BCUT2D eigenvalue weighted by Gasteiger charge is -2.34. The molecule has 1 aromatic rings. The molecule has 0 aromatic heterocycles. The van der Waals surface area contributed by atoms with Crippen LogP contribution in [0.15, 0.2) is 22.5 Å². The largest absolute Gasteiger partial charge is 0.351 e. The predicted molar refractivity (Wildman–Crippen MR) is 151 cm³/mol. The predicted octanol–water partition coefficient (Wildman–Crippen LogP) is 4.09. The summed E-state index contributed by atoms with van der Waals surface area (Å²) in [5.41, 5.74) is 7.87. The monoisotopic (exact) mass is 543 g/mol. The van der Waals surface area contributed by atoms with Gasteiger partial charge in [-0.1, -0.05) is 19.8 Å². The Hall–Kier alpha value is -2.72. The molecule has 38 heavy (non-hydrogen) atoms. The van der Waals surface area contributed by atoms with Crippen molar-refractivity contribution in [1.82, 2.24) is 9.62 Å². The molecule has 2 heterocycles. The maximum absolute atomic E-state index is 13.2. The molecule has 1 aromatic carbocycles. The number of hydrogen-bond donors (Lipinski definition) is 2. The summed E-state index contributed by atoms with van der Waals surface area (Å²) in [6, 6.07) is 3.05. The fourth-order valence-corrected chi connectivity index (χ4v) is 7.16. The van der Waals surface area contributed by atoms with Gasteiger partial charge in [0.15, 0.2) is 0 Å². The number of amidine groups is 1. The molecule has 1 saturated heterocycles. The van der Waals surface area contributed by atoms with E-state index in [0.717, 1.165) is 54.1 Å². The maximum atomic E-state index is 13.2. The van der Waals surface area contributed by atoms with E-state index in [-0.39, 0.29) is 25.0 Å². The van der Waals surface area contributed by atoms with Crippen molar-refractivity contribution < 1.29 is 18.0 Å². The van der Waals surface area contributed by atoms with E-state index in [1.54, 1.807) is 6.08 Å². The van der Waals surface area contributed by atoms with Crippen molar-refractivity contribution in [2.75, 3.05) is 18.0 Å². The van der Waals surface area contributed by atoms with Gasteiger partial charge in [0, 0.05) is 36.1 Å². The molecule has 3 amide bonds. The number of nitrogens with one attached hydrogen (secondary N) is 1. The van der Waals surface area contributed by atoms with E-state index in [1.165, 1.54) is 14.6 Å². The van der Waals surface area contributed by atoms with Crippen LogP contribution in [-0.4, -0.2) is 55.2 Å². The molecule has 1 spiro atoms. The molecular formula is C28H41N5O4S. The average Bonchev–Trinajstić information content (AvgIpc) is 3.14. The second-order valence-electron chi connectivity index (χ2n) is 11.5. The number of aliphatic imine (C=N–C) groups is 1. The number of carbonyl (C=O) groups excluding carboxylic acids is 2. The molecule has 3 N–H and O–H groups in total. The molecule has 1 saturated carbocycles. The van der Waals surface area contributed by atoms with Crippen molar-refractivity contribution in [2.45, 2.75) is 84.7 Å². The highest BCUT2D eigenvalue weighted by molar-refractivity contribution is 7.92. The Balaban J connectivity index is 1.45. The van der Waals surface area contributed by atoms with Crippen LogP contribution < -0.4 is 16.0 Å². The Bertz CT molecular complexity index is 1230. The number of carbonyl (C=O) groups is 2. The van der Waals surface area contributed by atoms with Gasteiger partial charge in [-0.25, -0.2) is 13.2 Å². The molecule has 2 aliphatic heterocycles. The number of amides is 3. The summed E-state index contributed by atoms with van der Waals surface area (Å²) in [5.74, 6) is 1.74. The van der Waals surface area contributed by atoms with E-state index in [4.69, 9.17) is 10.7 Å². The number of rotatable bonds is 6. The third kappa shape index (κ3) is 5.66. The summed E-state index contributed by atoms with van der Waals surface area (Å²) in [6.07, 6.45) is 6.74. The van der Waals surface area contributed by atoms with Crippen LogP contribution in [0.25, 0.3) is 6.08 Å². The fraction of sp³-hybridized carbons (Fsp3) is 0.607. The molecule has 0 atom stereocenters. The number of sulfonamides is 1.